The number of fused-ring (bicyclic) bond motifs is 5. The molecule has 0 bridgehead atoms. The lowest BCUT2D eigenvalue weighted by Crippen LogP contribution is -2.57. The predicted molar refractivity (Wildman–Crippen MR) is 83.1 cm³/mol. The first-order valence-electron chi connectivity index (χ1n) is 9.10. The van der Waals surface area contributed by atoms with Crippen LogP contribution in [-0.2, 0) is 9.59 Å². The molecular weight excluding hydrogens is 276 g/mol. The Morgan fingerprint density at radius 1 is 1.09 bits per heavy atom. The first-order chi connectivity index (χ1) is 10.4. The van der Waals surface area contributed by atoms with Crippen LogP contribution in [0.5, 0.6) is 0 Å². The number of Topliss-reactive ketones (excluding diaryl/α,β-unsaturated/α-hetero) is 2. The predicted octanol–water partition coefficient (Wildman–Crippen LogP) is 3.14. The second-order valence-electron chi connectivity index (χ2n) is 8.98. The Hall–Kier alpha value is -0.700. The molecule has 7 atom stereocenters. The van der Waals surface area contributed by atoms with Crippen molar-refractivity contribution in [1.29, 1.82) is 0 Å². The molecule has 4 aliphatic carbocycles. The Morgan fingerprint density at radius 2 is 1.86 bits per heavy atom. The van der Waals surface area contributed by atoms with Gasteiger partial charge in [-0.1, -0.05) is 13.8 Å². The minimum atomic E-state index is -0.365. The summed E-state index contributed by atoms with van der Waals surface area (Å²) < 4.78 is 0. The normalized spacial score (nSPS) is 54.6. The van der Waals surface area contributed by atoms with Crippen LogP contribution in [0.25, 0.3) is 0 Å². The summed E-state index contributed by atoms with van der Waals surface area (Å²) in [6, 6.07) is 0. The van der Waals surface area contributed by atoms with Crippen molar-refractivity contribution in [2.24, 2.45) is 34.5 Å². The maximum Gasteiger partial charge on any atom is 0.139 e. The molecule has 0 aliphatic heterocycles. The standard InChI is InChI=1S/C19H28O3/c1-18-8-7-12(20)9-11(18)3-4-13-14-5-6-16(22)19(14,2)10-15(21)17(13)18/h11-14,17,20H,3-10H2,1-2H3/t11-,12-,13-,14+,17+,18+,19+/m1/s1. The zero-order valence-corrected chi connectivity index (χ0v) is 13.8. The van der Waals surface area contributed by atoms with Gasteiger partial charge in [0.2, 0.25) is 0 Å². The highest BCUT2D eigenvalue weighted by molar-refractivity contribution is 5.95. The van der Waals surface area contributed by atoms with E-state index in [4.69, 9.17) is 0 Å². The molecule has 122 valence electrons. The topological polar surface area (TPSA) is 54.4 Å². The molecule has 4 fully saturated rings. The number of carbonyl (C=O) groups is 2. The quantitative estimate of drug-likeness (QED) is 0.748. The van der Waals surface area contributed by atoms with E-state index >= 15 is 0 Å². The van der Waals surface area contributed by atoms with Crippen LogP contribution in [0.15, 0.2) is 0 Å². The van der Waals surface area contributed by atoms with Crippen molar-refractivity contribution in [2.45, 2.75) is 71.3 Å². The summed E-state index contributed by atoms with van der Waals surface area (Å²) in [7, 11) is 0. The fourth-order valence-corrected chi connectivity index (χ4v) is 6.83. The molecule has 4 saturated carbocycles. The lowest BCUT2D eigenvalue weighted by Gasteiger charge is -2.58. The minimum Gasteiger partial charge on any atom is -0.393 e. The third-order valence-corrected chi connectivity index (χ3v) is 8.04. The monoisotopic (exact) mass is 304 g/mol. The van der Waals surface area contributed by atoms with E-state index in [0.29, 0.717) is 42.2 Å². The van der Waals surface area contributed by atoms with Gasteiger partial charge in [0, 0.05) is 24.2 Å². The van der Waals surface area contributed by atoms with E-state index in [-0.39, 0.29) is 22.9 Å². The largest absolute Gasteiger partial charge is 0.393 e. The van der Waals surface area contributed by atoms with Crippen molar-refractivity contribution in [1.82, 2.24) is 0 Å². The first kappa shape index (κ1) is 14.9. The van der Waals surface area contributed by atoms with Crippen molar-refractivity contribution in [3.63, 3.8) is 0 Å². The molecule has 0 heterocycles. The number of carbonyl (C=O) groups excluding carboxylic acids is 2. The SMILES string of the molecule is C[C@]12CC[C@@H](O)C[C@H]1CC[C@H]1[C@H]2C(=O)C[C@]2(C)C(=O)CC[C@@H]12. The molecule has 0 aromatic heterocycles. The van der Waals surface area contributed by atoms with Crippen LogP contribution >= 0.6 is 0 Å². The molecule has 0 aromatic carbocycles. The van der Waals surface area contributed by atoms with E-state index in [1.807, 2.05) is 0 Å². The number of hydrogen-bond donors (Lipinski definition) is 1. The van der Waals surface area contributed by atoms with Gasteiger partial charge in [-0.3, -0.25) is 9.59 Å². The number of ketones is 2. The summed E-state index contributed by atoms with van der Waals surface area (Å²) in [5.41, 5.74) is -0.304. The molecule has 1 N–H and O–H groups in total. The third kappa shape index (κ3) is 1.78. The highest BCUT2D eigenvalue weighted by Crippen LogP contribution is 2.64. The van der Waals surface area contributed by atoms with Gasteiger partial charge >= 0.3 is 0 Å². The molecule has 22 heavy (non-hydrogen) atoms. The van der Waals surface area contributed by atoms with E-state index in [0.717, 1.165) is 38.5 Å². The van der Waals surface area contributed by atoms with Gasteiger partial charge in [-0.15, -0.1) is 0 Å². The molecule has 0 radical (unpaired) electrons. The van der Waals surface area contributed by atoms with Gasteiger partial charge in [0.25, 0.3) is 0 Å². The number of rotatable bonds is 0. The Morgan fingerprint density at radius 3 is 2.64 bits per heavy atom. The molecule has 4 aliphatic rings. The highest BCUT2D eigenvalue weighted by atomic mass is 16.3. The Balaban J connectivity index is 1.71. The summed E-state index contributed by atoms with van der Waals surface area (Å²) in [5, 5.41) is 10.0. The molecule has 0 aromatic rings. The van der Waals surface area contributed by atoms with Crippen LogP contribution in [0.4, 0.5) is 0 Å². The van der Waals surface area contributed by atoms with Crippen LogP contribution in [0.2, 0.25) is 0 Å². The number of hydrogen-bond acceptors (Lipinski definition) is 3. The van der Waals surface area contributed by atoms with Gasteiger partial charge in [0.15, 0.2) is 0 Å². The average molecular weight is 304 g/mol. The molecule has 4 rings (SSSR count). The Labute approximate surface area is 132 Å². The highest BCUT2D eigenvalue weighted by Gasteiger charge is 2.63. The third-order valence-electron chi connectivity index (χ3n) is 8.04. The van der Waals surface area contributed by atoms with Gasteiger partial charge < -0.3 is 5.11 Å². The van der Waals surface area contributed by atoms with Gasteiger partial charge in [-0.25, -0.2) is 0 Å². The van der Waals surface area contributed by atoms with E-state index in [1.54, 1.807) is 0 Å². The Kier molecular flexibility index (Phi) is 3.15. The lowest BCUT2D eigenvalue weighted by atomic mass is 9.45. The molecule has 0 spiro atoms. The van der Waals surface area contributed by atoms with E-state index in [9.17, 15) is 14.7 Å². The van der Waals surface area contributed by atoms with Crippen LogP contribution in [0.1, 0.15) is 65.2 Å². The fourth-order valence-electron chi connectivity index (χ4n) is 6.83. The zero-order chi connectivity index (χ0) is 15.7. The zero-order valence-electron chi connectivity index (χ0n) is 13.8. The summed E-state index contributed by atoms with van der Waals surface area (Å²) in [6.07, 6.45) is 6.86. The fraction of sp³-hybridized carbons (Fsp3) is 0.895. The number of aliphatic hydroxyl groups is 1. The number of aliphatic hydroxyl groups excluding tert-OH is 1. The smallest absolute Gasteiger partial charge is 0.139 e. The van der Waals surface area contributed by atoms with Crippen molar-refractivity contribution in [2.75, 3.05) is 0 Å². The second kappa shape index (κ2) is 4.66. The van der Waals surface area contributed by atoms with Crippen molar-refractivity contribution in [3.05, 3.63) is 0 Å². The summed E-state index contributed by atoms with van der Waals surface area (Å²) in [5.74, 6) is 2.14. The molecule has 0 unspecified atom stereocenters. The van der Waals surface area contributed by atoms with Gasteiger partial charge in [0.1, 0.15) is 11.6 Å². The van der Waals surface area contributed by atoms with Crippen LogP contribution in [-0.4, -0.2) is 22.8 Å². The maximum absolute atomic E-state index is 13.0. The lowest BCUT2D eigenvalue weighted by molar-refractivity contribution is -0.162. The van der Waals surface area contributed by atoms with Gasteiger partial charge in [-0.2, -0.15) is 0 Å². The van der Waals surface area contributed by atoms with Crippen LogP contribution in [0.3, 0.4) is 0 Å². The Bertz CT molecular complexity index is 527. The van der Waals surface area contributed by atoms with Crippen molar-refractivity contribution >= 4 is 11.6 Å². The van der Waals surface area contributed by atoms with Gasteiger partial charge in [-0.05, 0) is 61.7 Å². The van der Waals surface area contributed by atoms with Crippen molar-refractivity contribution in [3.8, 4) is 0 Å². The summed E-state index contributed by atoms with van der Waals surface area (Å²) in [6.45, 7) is 4.36. The summed E-state index contributed by atoms with van der Waals surface area (Å²) >= 11 is 0. The first-order valence-corrected chi connectivity index (χ1v) is 9.10. The molecule has 3 nitrogen and oxygen atoms in total. The van der Waals surface area contributed by atoms with E-state index < -0.39 is 0 Å². The maximum atomic E-state index is 13.0. The molecule has 3 heteroatoms. The molecule has 0 amide bonds. The van der Waals surface area contributed by atoms with Gasteiger partial charge in [0.05, 0.1) is 6.10 Å². The average Bonchev–Trinajstić information content (AvgIpc) is 2.75. The molecular formula is C19H28O3. The van der Waals surface area contributed by atoms with E-state index in [2.05, 4.69) is 13.8 Å². The van der Waals surface area contributed by atoms with Crippen LogP contribution < -0.4 is 0 Å². The summed E-state index contributed by atoms with van der Waals surface area (Å²) in [4.78, 5) is 25.4. The van der Waals surface area contributed by atoms with Crippen molar-refractivity contribution < 1.29 is 14.7 Å². The van der Waals surface area contributed by atoms with Crippen LogP contribution in [0, 0.1) is 34.5 Å². The van der Waals surface area contributed by atoms with E-state index in [1.165, 1.54) is 0 Å². The second-order valence-corrected chi connectivity index (χ2v) is 8.98. The molecule has 0 saturated heterocycles. The minimum absolute atomic E-state index is 0.0617.